The highest BCUT2D eigenvalue weighted by Gasteiger charge is 2.40. The van der Waals surface area contributed by atoms with E-state index < -0.39 is 69.3 Å². The van der Waals surface area contributed by atoms with Crippen LogP contribution in [0.15, 0.2) is 72.8 Å². The molecule has 2 amide bonds. The zero-order chi connectivity index (χ0) is 32.4. The molecule has 0 fully saturated rings. The average molecular weight is 608 g/mol. The summed E-state index contributed by atoms with van der Waals surface area (Å²) in [7, 11) is 0. The predicted octanol–water partition coefficient (Wildman–Crippen LogP) is 7.27. The largest absolute Gasteiger partial charge is 0.506 e. The quantitative estimate of drug-likeness (QED) is 0.109. The molecule has 4 rings (SSSR count). The normalized spacial score (nSPS) is 11.3. The molecule has 0 spiro atoms. The maximum Gasteiger partial charge on any atom is 0.417 e. The summed E-state index contributed by atoms with van der Waals surface area (Å²) < 4.78 is 84.7. The number of phenolic OH excluding ortho intramolecular Hbond substituents is 2. The molecule has 0 saturated heterocycles. The van der Waals surface area contributed by atoms with Crippen LogP contribution in [0.4, 0.5) is 37.7 Å². The number of phenols is 2. The van der Waals surface area contributed by atoms with E-state index in [4.69, 9.17) is 12.8 Å². The molecule has 0 saturated carbocycles. The number of halogens is 6. The molecule has 4 N–H and O–H groups in total. The Morgan fingerprint density at radius 3 is 1.18 bits per heavy atom. The number of carbonyl (C=O) groups excluding carboxylic acids is 2. The van der Waals surface area contributed by atoms with Crippen LogP contribution in [0.3, 0.4) is 0 Å². The van der Waals surface area contributed by atoms with Gasteiger partial charge in [0.15, 0.2) is 0 Å². The summed E-state index contributed by atoms with van der Waals surface area (Å²) in [6.45, 7) is 0. The minimum atomic E-state index is -5.29. The average Bonchev–Trinajstić information content (AvgIpc) is 2.97. The van der Waals surface area contributed by atoms with Crippen molar-refractivity contribution in [3.8, 4) is 47.3 Å². The smallest absolute Gasteiger partial charge is 0.417 e. The highest BCUT2D eigenvalue weighted by Crippen LogP contribution is 2.48. The molecule has 4 aromatic carbocycles. The van der Waals surface area contributed by atoms with E-state index in [0.29, 0.717) is 23.3 Å². The van der Waals surface area contributed by atoms with Crippen LogP contribution in [0.1, 0.15) is 43.0 Å². The highest BCUT2D eigenvalue weighted by molar-refractivity contribution is 6.06. The van der Waals surface area contributed by atoms with E-state index in [0.717, 1.165) is 0 Å². The summed E-state index contributed by atoms with van der Waals surface area (Å²) in [5, 5.41) is 25.0. The van der Waals surface area contributed by atoms with Crippen LogP contribution in [-0.2, 0) is 12.4 Å². The van der Waals surface area contributed by atoms with Crippen molar-refractivity contribution in [3.63, 3.8) is 0 Å². The number of rotatable bonds is 5. The maximum absolute atomic E-state index is 14.1. The molecule has 0 heterocycles. The van der Waals surface area contributed by atoms with Gasteiger partial charge in [-0.3, -0.25) is 9.59 Å². The van der Waals surface area contributed by atoms with E-state index in [-0.39, 0.29) is 23.3 Å². The van der Waals surface area contributed by atoms with Crippen molar-refractivity contribution in [1.29, 1.82) is 0 Å². The first-order valence-corrected chi connectivity index (χ1v) is 12.3. The zero-order valence-electron chi connectivity index (χ0n) is 22.1. The number of nitrogens with one attached hydrogen (secondary N) is 2. The number of alkyl halides is 6. The number of amides is 2. The van der Waals surface area contributed by atoms with E-state index >= 15 is 0 Å². The molecule has 4 aromatic rings. The van der Waals surface area contributed by atoms with Crippen LogP contribution in [0.2, 0.25) is 0 Å². The molecule has 0 radical (unpaired) electrons. The molecule has 222 valence electrons. The van der Waals surface area contributed by atoms with Crippen LogP contribution >= 0.6 is 0 Å². The molecule has 0 atom stereocenters. The molecule has 12 heteroatoms. The molecule has 0 aromatic heterocycles. The predicted molar refractivity (Wildman–Crippen MR) is 150 cm³/mol. The van der Waals surface area contributed by atoms with Crippen LogP contribution in [0.25, 0.3) is 11.1 Å². The summed E-state index contributed by atoms with van der Waals surface area (Å²) in [5.41, 5.74) is -6.13. The van der Waals surface area contributed by atoms with Crippen LogP contribution in [-0.4, -0.2) is 22.0 Å². The Hall–Kier alpha value is -5.88. The Bertz CT molecular complexity index is 1710. The van der Waals surface area contributed by atoms with Gasteiger partial charge in [-0.25, -0.2) is 0 Å². The fourth-order valence-corrected chi connectivity index (χ4v) is 4.12. The molecule has 0 aliphatic carbocycles. The number of aromatic hydroxyl groups is 2. The molecule has 0 aliphatic heterocycles. The van der Waals surface area contributed by atoms with Crippen molar-refractivity contribution in [1.82, 2.24) is 0 Å². The van der Waals surface area contributed by atoms with E-state index in [1.807, 2.05) is 0 Å². The Labute approximate surface area is 246 Å². The van der Waals surface area contributed by atoms with Gasteiger partial charge >= 0.3 is 12.4 Å². The standard InChI is InChI=1S/C32H18F6N2O4/c1-3-17-5-9-19(10-6-17)29(43)39-25-13-21(23(15-27(25)41)31(33,34)35)22-14-26(28(42)16-24(22)32(36,37)38)40-30(44)20-11-7-18(4-2)8-12-20/h1-2,5-16,41-42H,(H,39,43)(H,40,44). The van der Waals surface area contributed by atoms with E-state index in [1.165, 1.54) is 48.5 Å². The highest BCUT2D eigenvalue weighted by atomic mass is 19.4. The third kappa shape index (κ3) is 6.61. The van der Waals surface area contributed by atoms with Crippen molar-refractivity contribution in [3.05, 3.63) is 106 Å². The number of carbonyl (C=O) groups is 2. The second-order valence-electron chi connectivity index (χ2n) is 9.18. The second kappa shape index (κ2) is 11.8. The van der Waals surface area contributed by atoms with Gasteiger partial charge in [0.05, 0.1) is 22.5 Å². The van der Waals surface area contributed by atoms with Gasteiger partial charge in [-0.2, -0.15) is 26.3 Å². The van der Waals surface area contributed by atoms with Gasteiger partial charge in [-0.05, 0) is 83.9 Å². The summed E-state index contributed by atoms with van der Waals surface area (Å²) in [6, 6.07) is 12.1. The maximum atomic E-state index is 14.1. The Kier molecular flexibility index (Phi) is 8.32. The summed E-state index contributed by atoms with van der Waals surface area (Å²) in [5.74, 6) is 0.640. The Morgan fingerprint density at radius 2 is 0.909 bits per heavy atom. The van der Waals surface area contributed by atoms with Gasteiger partial charge in [0.1, 0.15) is 11.5 Å². The number of benzene rings is 4. The van der Waals surface area contributed by atoms with Crippen molar-refractivity contribution in [2.75, 3.05) is 10.6 Å². The molecule has 0 aliphatic rings. The topological polar surface area (TPSA) is 98.7 Å². The monoisotopic (exact) mass is 608 g/mol. The van der Waals surface area contributed by atoms with Crippen molar-refractivity contribution in [2.45, 2.75) is 12.4 Å². The molecule has 0 bridgehead atoms. The molecule has 0 unspecified atom stereocenters. The van der Waals surface area contributed by atoms with Crippen molar-refractivity contribution < 1.29 is 46.1 Å². The molecular formula is C32H18F6N2O4. The van der Waals surface area contributed by atoms with Crippen molar-refractivity contribution >= 4 is 23.2 Å². The first-order valence-electron chi connectivity index (χ1n) is 12.3. The fraction of sp³-hybridized carbons (Fsp3) is 0.0625. The van der Waals surface area contributed by atoms with Crippen LogP contribution in [0, 0.1) is 24.7 Å². The van der Waals surface area contributed by atoms with Gasteiger partial charge in [0.25, 0.3) is 11.8 Å². The first kappa shape index (κ1) is 31.1. The van der Waals surface area contributed by atoms with Gasteiger partial charge in [-0.1, -0.05) is 11.8 Å². The fourth-order valence-electron chi connectivity index (χ4n) is 4.12. The number of hydrogen-bond acceptors (Lipinski definition) is 4. The van der Waals surface area contributed by atoms with Gasteiger partial charge in [0.2, 0.25) is 0 Å². The SMILES string of the molecule is C#Cc1ccc(C(=O)Nc2cc(-c3cc(NC(=O)c4ccc(C#C)cc4)c(O)cc3C(F)(F)F)c(C(F)(F)F)cc2O)cc1. The lowest BCUT2D eigenvalue weighted by atomic mass is 9.92. The minimum absolute atomic E-state index is 0.0225. The number of hydrogen-bond donors (Lipinski definition) is 4. The molecule has 6 nitrogen and oxygen atoms in total. The second-order valence-corrected chi connectivity index (χ2v) is 9.18. The Balaban J connectivity index is 1.86. The number of anilines is 2. The lowest BCUT2D eigenvalue weighted by Crippen LogP contribution is -2.16. The van der Waals surface area contributed by atoms with Crippen LogP contribution < -0.4 is 10.6 Å². The summed E-state index contributed by atoms with van der Waals surface area (Å²) >= 11 is 0. The molecule has 44 heavy (non-hydrogen) atoms. The van der Waals surface area contributed by atoms with Gasteiger partial charge in [0, 0.05) is 22.3 Å². The lowest BCUT2D eigenvalue weighted by molar-refractivity contribution is -0.139. The number of terminal acetylenes is 2. The minimum Gasteiger partial charge on any atom is -0.506 e. The van der Waals surface area contributed by atoms with Crippen LogP contribution in [0.5, 0.6) is 11.5 Å². The lowest BCUT2D eigenvalue weighted by Gasteiger charge is -2.21. The van der Waals surface area contributed by atoms with E-state index in [9.17, 15) is 46.1 Å². The van der Waals surface area contributed by atoms with E-state index in [1.54, 1.807) is 0 Å². The molecular weight excluding hydrogens is 590 g/mol. The third-order valence-electron chi connectivity index (χ3n) is 6.30. The van der Waals surface area contributed by atoms with E-state index in [2.05, 4.69) is 22.5 Å². The third-order valence-corrected chi connectivity index (χ3v) is 6.30. The first-order chi connectivity index (χ1) is 20.6. The van der Waals surface area contributed by atoms with Gasteiger partial charge in [-0.15, -0.1) is 12.8 Å². The summed E-state index contributed by atoms with van der Waals surface area (Å²) in [6.07, 6.45) is -0.0381. The zero-order valence-corrected chi connectivity index (χ0v) is 22.1. The Morgan fingerprint density at radius 1 is 0.591 bits per heavy atom. The van der Waals surface area contributed by atoms with Gasteiger partial charge < -0.3 is 20.8 Å². The summed E-state index contributed by atoms with van der Waals surface area (Å²) in [4.78, 5) is 25.5. The van der Waals surface area contributed by atoms with Crippen molar-refractivity contribution in [2.24, 2.45) is 0 Å².